The van der Waals surface area contributed by atoms with Crippen molar-refractivity contribution in [2.45, 2.75) is 24.7 Å². The summed E-state index contributed by atoms with van der Waals surface area (Å²) < 4.78 is 6.83. The number of aromatic amines is 3. The Labute approximate surface area is 372 Å². The molecule has 4 aromatic heterocycles. The van der Waals surface area contributed by atoms with Crippen LogP contribution < -0.4 is 33.7 Å². The fraction of sp³-hybridized carbons (Fsp3) is 0.206. The number of nitrogens with one attached hydrogen (secondary N) is 3. The fourth-order valence-corrected chi connectivity index (χ4v) is 6.73. The first-order valence-corrected chi connectivity index (χ1v) is 23.2. The molecule has 0 saturated carbocycles. The van der Waals surface area contributed by atoms with E-state index in [1.807, 2.05) is 36.4 Å². The number of imidazole rings is 1. The van der Waals surface area contributed by atoms with Gasteiger partial charge in [-0.1, -0.05) is 63.4 Å². The standard InChI is InChI=1S/C13H10BrClN4O2.C7H6BrCl.C7H6BrN3O2.C7H7N3O2.Br2/c1-18-10-9(11(20)17-13(18)21)19(12(14)16-10)6-7-2-4-8(15)5-3-7;8-5-6-1-3-7(9)4-2-6;1-11-5-3(2-4(8)9-5)6(12)10-7(11)13;1-10-5-4(2-3-8-5)6(11)9-7(10)12;1-2/h2-5H,6H2,1H3,(H,17,20,21);1-4H,5H2;2H2,1H3,(H,10,12,13);3H,2H2,1H3,(H,9,11,12);. The first kappa shape index (κ1) is 46.0. The topological polar surface area (TPSA) is 207 Å². The molecule has 6 heterocycles. The van der Waals surface area contributed by atoms with Gasteiger partial charge in [0.2, 0.25) is 0 Å². The lowest BCUT2D eigenvalue weighted by Gasteiger charge is -2.06. The summed E-state index contributed by atoms with van der Waals surface area (Å²) in [5.74, 6) is 0.921. The predicted octanol–water partition coefficient (Wildman–Crippen LogP) is 6.20. The van der Waals surface area contributed by atoms with E-state index in [4.69, 9.17) is 23.2 Å². The summed E-state index contributed by atoms with van der Waals surface area (Å²) in [7, 11) is 4.72. The second kappa shape index (κ2) is 20.8. The Bertz CT molecular complexity index is 2840. The Hall–Kier alpha value is -3.73. The van der Waals surface area contributed by atoms with Gasteiger partial charge in [-0.2, -0.15) is 0 Å². The number of alkyl halides is 1. The van der Waals surface area contributed by atoms with Crippen molar-refractivity contribution in [3.63, 3.8) is 0 Å². The number of aliphatic imine (C=N–C) groups is 2. The molecule has 2 aliphatic rings. The second-order valence-electron chi connectivity index (χ2n) is 11.8. The number of H-pyrrole nitrogens is 3. The zero-order chi connectivity index (χ0) is 42.1. The van der Waals surface area contributed by atoms with E-state index in [0.29, 0.717) is 67.7 Å². The average Bonchev–Trinajstić information content (AvgIpc) is 3.93. The van der Waals surface area contributed by atoms with E-state index in [1.54, 1.807) is 44.1 Å². The molecule has 3 N–H and O–H groups in total. The molecule has 0 bridgehead atoms. The van der Waals surface area contributed by atoms with Crippen LogP contribution in [0.1, 0.15) is 22.3 Å². The van der Waals surface area contributed by atoms with Crippen LogP contribution in [0.3, 0.4) is 0 Å². The number of halogens is 7. The normalized spacial score (nSPS) is 11.8. The van der Waals surface area contributed by atoms with Crippen LogP contribution in [0.4, 0.5) is 11.6 Å². The van der Waals surface area contributed by atoms with Gasteiger partial charge < -0.3 is 4.57 Å². The summed E-state index contributed by atoms with van der Waals surface area (Å²) in [6.45, 7) is 0.440. The quantitative estimate of drug-likeness (QED) is 0.138. The number of benzene rings is 2. The summed E-state index contributed by atoms with van der Waals surface area (Å²) in [4.78, 5) is 87.2. The van der Waals surface area contributed by atoms with E-state index in [1.165, 1.54) is 19.3 Å². The summed E-state index contributed by atoms with van der Waals surface area (Å²) in [6, 6.07) is 15.1. The molecule has 0 aliphatic carbocycles. The minimum absolute atomic E-state index is 0.328. The lowest BCUT2D eigenvalue weighted by molar-refractivity contribution is 0.791. The van der Waals surface area contributed by atoms with E-state index in [-0.39, 0.29) is 11.1 Å². The molecule has 2 aromatic carbocycles. The number of aryl methyl sites for hydroxylation is 1. The highest BCUT2D eigenvalue weighted by molar-refractivity contribution is 9.93. The van der Waals surface area contributed by atoms with Crippen LogP contribution in [0, 0.1) is 0 Å². The maximum atomic E-state index is 12.1. The zero-order valence-corrected chi connectivity index (χ0v) is 39.2. The maximum Gasteiger partial charge on any atom is 0.329 e. The minimum Gasteiger partial charge on any atom is -0.308 e. The highest BCUT2D eigenvalue weighted by Gasteiger charge is 2.20. The smallest absolute Gasteiger partial charge is 0.308 e. The number of fused-ring (bicyclic) bond motifs is 3. The third kappa shape index (κ3) is 11.3. The van der Waals surface area contributed by atoms with E-state index >= 15 is 0 Å². The number of hydrogen-bond donors (Lipinski definition) is 3. The molecule has 0 amide bonds. The Balaban J connectivity index is 0.000000174. The fourth-order valence-electron chi connectivity index (χ4n) is 5.19. The Kier molecular flexibility index (Phi) is 16.8. The number of aromatic nitrogens is 8. The third-order valence-electron chi connectivity index (χ3n) is 8.11. The van der Waals surface area contributed by atoms with Gasteiger partial charge in [0.05, 0.1) is 22.3 Å². The molecule has 0 atom stereocenters. The molecule has 0 spiro atoms. The minimum atomic E-state index is -0.490. The van der Waals surface area contributed by atoms with Crippen LogP contribution in [0.25, 0.3) is 11.2 Å². The second-order valence-corrected chi connectivity index (χ2v) is 14.8. The SMILES string of the molecule is BrBr.Clc1ccc(CBr)cc1.Cn1c(=O)[nH]c(=O)c2c1nc(Br)n2Cc1ccc(Cl)cc1.Cn1c2c(c(=O)[nH]c1=O)CC(Br)=N2.Cn1c2c(c(=O)[nH]c1=O)CC=N2. The Morgan fingerprint density at radius 1 is 0.684 bits per heavy atom. The lowest BCUT2D eigenvalue weighted by atomic mass is 10.2. The van der Waals surface area contributed by atoms with Gasteiger partial charge in [-0.25, -0.2) is 29.4 Å². The lowest BCUT2D eigenvalue weighted by Crippen LogP contribution is -2.29. The molecule has 0 radical (unpaired) electrons. The first-order valence-electron chi connectivity index (χ1n) is 16.0. The number of rotatable bonds is 3. The van der Waals surface area contributed by atoms with E-state index in [2.05, 4.69) is 106 Å². The van der Waals surface area contributed by atoms with Gasteiger partial charge in [0.25, 0.3) is 16.7 Å². The summed E-state index contributed by atoms with van der Waals surface area (Å²) in [6.07, 6.45) is 2.59. The molecule has 23 heteroatoms. The zero-order valence-electron chi connectivity index (χ0n) is 29.8. The predicted molar refractivity (Wildman–Crippen MR) is 242 cm³/mol. The summed E-state index contributed by atoms with van der Waals surface area (Å²) in [5.41, 5.74) is 1.52. The highest BCUT2D eigenvalue weighted by atomic mass is 80.9. The summed E-state index contributed by atoms with van der Waals surface area (Å²) >= 11 is 26.9. The van der Waals surface area contributed by atoms with Crippen LogP contribution in [0.2, 0.25) is 10.0 Å². The molecule has 0 fully saturated rings. The van der Waals surface area contributed by atoms with Gasteiger partial charge in [0, 0.05) is 83.8 Å². The van der Waals surface area contributed by atoms with Crippen LogP contribution in [-0.4, -0.2) is 49.0 Å². The van der Waals surface area contributed by atoms with Gasteiger partial charge in [0.15, 0.2) is 15.9 Å². The molecule has 16 nitrogen and oxygen atoms in total. The van der Waals surface area contributed by atoms with Crippen molar-refractivity contribution in [3.8, 4) is 0 Å². The van der Waals surface area contributed by atoms with E-state index in [0.717, 1.165) is 15.9 Å². The Morgan fingerprint density at radius 3 is 1.74 bits per heavy atom. The van der Waals surface area contributed by atoms with Crippen molar-refractivity contribution in [1.82, 2.24) is 38.2 Å². The van der Waals surface area contributed by atoms with E-state index in [9.17, 15) is 28.8 Å². The van der Waals surface area contributed by atoms with Crippen LogP contribution >= 0.6 is 99.2 Å². The molecule has 300 valence electrons. The number of hydrogen-bond acceptors (Lipinski definition) is 9. The van der Waals surface area contributed by atoms with Crippen molar-refractivity contribution in [1.29, 1.82) is 0 Å². The van der Waals surface area contributed by atoms with Crippen molar-refractivity contribution in [3.05, 3.63) is 148 Å². The third-order valence-corrected chi connectivity index (χ3v) is 10.3. The van der Waals surface area contributed by atoms with Crippen molar-refractivity contribution < 1.29 is 0 Å². The molecule has 57 heavy (non-hydrogen) atoms. The Morgan fingerprint density at radius 2 is 1.18 bits per heavy atom. The van der Waals surface area contributed by atoms with Gasteiger partial charge in [-0.05, 0) is 67.3 Å². The average molecular weight is 1140 g/mol. The maximum absolute atomic E-state index is 12.1. The van der Waals surface area contributed by atoms with Crippen molar-refractivity contribution in [2.75, 3.05) is 0 Å². The number of nitrogens with zero attached hydrogens (tertiary/aromatic N) is 7. The van der Waals surface area contributed by atoms with Crippen molar-refractivity contribution >= 4 is 133 Å². The van der Waals surface area contributed by atoms with Gasteiger partial charge >= 0.3 is 17.1 Å². The van der Waals surface area contributed by atoms with Crippen molar-refractivity contribution in [2.24, 2.45) is 31.1 Å². The highest BCUT2D eigenvalue weighted by Crippen LogP contribution is 2.23. The molecular weight excluding hydrogens is 1110 g/mol. The molecule has 8 rings (SSSR count). The van der Waals surface area contributed by atoms with Crippen LogP contribution in [-0.2, 0) is 45.9 Å². The van der Waals surface area contributed by atoms with Gasteiger partial charge in [-0.3, -0.25) is 43.0 Å². The molecule has 2 aliphatic heterocycles. The van der Waals surface area contributed by atoms with E-state index < -0.39 is 22.6 Å². The monoisotopic (exact) mass is 1140 g/mol. The first-order chi connectivity index (χ1) is 27.1. The van der Waals surface area contributed by atoms with Gasteiger partial charge in [-0.15, -0.1) is 0 Å². The summed E-state index contributed by atoms with van der Waals surface area (Å²) in [5, 5.41) is 2.33. The molecule has 0 unspecified atom stereocenters. The molecule has 6 aromatic rings. The molecule has 0 saturated heterocycles. The van der Waals surface area contributed by atoms with Gasteiger partial charge in [0.1, 0.15) is 11.6 Å². The molecular formula is C34H29Br5Cl2N10O6. The largest absolute Gasteiger partial charge is 0.329 e. The van der Waals surface area contributed by atoms with Crippen LogP contribution in [0.5, 0.6) is 0 Å². The van der Waals surface area contributed by atoms with Crippen LogP contribution in [0.15, 0.2) is 92.0 Å².